The Morgan fingerprint density at radius 1 is 1.37 bits per heavy atom. The highest BCUT2D eigenvalue weighted by atomic mass is 19.1. The van der Waals surface area contributed by atoms with Crippen molar-refractivity contribution in [1.29, 1.82) is 0 Å². The minimum absolute atomic E-state index is 0.0921. The van der Waals surface area contributed by atoms with E-state index >= 15 is 0 Å². The van der Waals surface area contributed by atoms with E-state index in [1.807, 2.05) is 28.6 Å². The summed E-state index contributed by atoms with van der Waals surface area (Å²) in [6.45, 7) is 3.39. The van der Waals surface area contributed by atoms with Gasteiger partial charge in [0, 0.05) is 12.6 Å². The van der Waals surface area contributed by atoms with Crippen molar-refractivity contribution in [1.82, 2.24) is 14.7 Å². The largest absolute Gasteiger partial charge is 0.494 e. The molecule has 1 aliphatic carbocycles. The average molecular weight is 374 g/mol. The molecule has 0 spiro atoms. The number of rotatable bonds is 8. The number of likely N-dealkylation sites (N-methyl/N-ethyl adjacent to an activating group) is 1. The first-order valence-corrected chi connectivity index (χ1v) is 9.48. The summed E-state index contributed by atoms with van der Waals surface area (Å²) in [5, 5.41) is 7.35. The minimum Gasteiger partial charge on any atom is -0.494 e. The number of benzene rings is 1. The quantitative estimate of drug-likeness (QED) is 0.767. The van der Waals surface area contributed by atoms with Crippen LogP contribution in [0.5, 0.6) is 5.75 Å². The number of methoxy groups -OCH3 is 1. The lowest BCUT2D eigenvalue weighted by Crippen LogP contribution is -2.33. The standard InChI is InChI=1S/C20H27FN4O2/c1-3-24(13-15-8-9-18(27-2)17(21)12-15)14-20(26)23-19-10-11-22-25(19)16-6-4-5-7-16/h8-12,16H,3-7,13-14H2,1-2H3,(H,23,26). The number of carbonyl (C=O) groups is 1. The van der Waals surface area contributed by atoms with Crippen molar-refractivity contribution in [2.45, 2.75) is 45.2 Å². The van der Waals surface area contributed by atoms with Crippen molar-refractivity contribution in [3.05, 3.63) is 41.8 Å². The molecule has 1 heterocycles. The van der Waals surface area contributed by atoms with Crippen LogP contribution in [-0.4, -0.2) is 40.8 Å². The molecular formula is C20H27FN4O2. The topological polar surface area (TPSA) is 59.4 Å². The van der Waals surface area contributed by atoms with E-state index < -0.39 is 5.82 Å². The first-order chi connectivity index (χ1) is 13.1. The van der Waals surface area contributed by atoms with E-state index in [0.717, 1.165) is 24.2 Å². The Balaban J connectivity index is 1.59. The molecule has 0 saturated heterocycles. The number of hydrogen-bond acceptors (Lipinski definition) is 4. The van der Waals surface area contributed by atoms with Gasteiger partial charge >= 0.3 is 0 Å². The predicted octanol–water partition coefficient (Wildman–Crippen LogP) is 3.61. The summed E-state index contributed by atoms with van der Waals surface area (Å²) in [6.07, 6.45) is 6.36. The average Bonchev–Trinajstić information content (AvgIpc) is 3.32. The smallest absolute Gasteiger partial charge is 0.239 e. The van der Waals surface area contributed by atoms with Gasteiger partial charge in [0.1, 0.15) is 5.82 Å². The molecule has 6 nitrogen and oxygen atoms in total. The summed E-state index contributed by atoms with van der Waals surface area (Å²) in [7, 11) is 1.44. The van der Waals surface area contributed by atoms with E-state index in [-0.39, 0.29) is 18.2 Å². The summed E-state index contributed by atoms with van der Waals surface area (Å²) >= 11 is 0. The summed E-state index contributed by atoms with van der Waals surface area (Å²) in [6, 6.07) is 7.09. The fourth-order valence-electron chi connectivity index (χ4n) is 3.58. The van der Waals surface area contributed by atoms with E-state index in [4.69, 9.17) is 4.74 Å². The second kappa shape index (κ2) is 8.99. The van der Waals surface area contributed by atoms with Crippen molar-refractivity contribution in [2.75, 3.05) is 25.5 Å². The number of anilines is 1. The van der Waals surface area contributed by atoms with E-state index in [1.165, 1.54) is 26.0 Å². The van der Waals surface area contributed by atoms with Gasteiger partial charge in [0.25, 0.3) is 0 Å². The molecule has 2 aromatic rings. The Morgan fingerprint density at radius 2 is 2.15 bits per heavy atom. The Hall–Kier alpha value is -2.41. The minimum atomic E-state index is -0.393. The van der Waals surface area contributed by atoms with Gasteiger partial charge in [-0.15, -0.1) is 0 Å². The third-order valence-corrected chi connectivity index (χ3v) is 5.05. The van der Waals surface area contributed by atoms with Gasteiger partial charge in [0.2, 0.25) is 5.91 Å². The number of amides is 1. The summed E-state index contributed by atoms with van der Waals surface area (Å²) in [4.78, 5) is 14.5. The fourth-order valence-corrected chi connectivity index (χ4v) is 3.58. The van der Waals surface area contributed by atoms with Crippen molar-refractivity contribution in [2.24, 2.45) is 0 Å². The SMILES string of the molecule is CCN(CC(=O)Nc1ccnn1C1CCCC1)Cc1ccc(OC)c(F)c1. The highest BCUT2D eigenvalue weighted by Crippen LogP contribution is 2.31. The van der Waals surface area contributed by atoms with Crippen LogP contribution in [0.1, 0.15) is 44.2 Å². The molecular weight excluding hydrogens is 347 g/mol. The molecule has 146 valence electrons. The van der Waals surface area contributed by atoms with E-state index in [1.54, 1.807) is 12.3 Å². The summed E-state index contributed by atoms with van der Waals surface area (Å²) < 4.78 is 20.8. The van der Waals surface area contributed by atoms with Crippen LogP contribution in [0.15, 0.2) is 30.5 Å². The molecule has 1 fully saturated rings. The normalized spacial score (nSPS) is 14.7. The molecule has 27 heavy (non-hydrogen) atoms. The van der Waals surface area contributed by atoms with E-state index in [0.29, 0.717) is 19.1 Å². The highest BCUT2D eigenvalue weighted by Gasteiger charge is 2.21. The number of nitrogens with one attached hydrogen (secondary N) is 1. The van der Waals surface area contributed by atoms with Gasteiger partial charge in [0.05, 0.1) is 25.9 Å². The van der Waals surface area contributed by atoms with Crippen molar-refractivity contribution < 1.29 is 13.9 Å². The van der Waals surface area contributed by atoms with Gasteiger partial charge in [-0.1, -0.05) is 25.8 Å². The van der Waals surface area contributed by atoms with Gasteiger partial charge in [0.15, 0.2) is 11.6 Å². The number of halogens is 1. The van der Waals surface area contributed by atoms with Crippen LogP contribution in [0.2, 0.25) is 0 Å². The molecule has 1 amide bonds. The van der Waals surface area contributed by atoms with Gasteiger partial charge in [-0.3, -0.25) is 9.69 Å². The molecule has 1 aromatic heterocycles. The summed E-state index contributed by atoms with van der Waals surface area (Å²) in [5.41, 5.74) is 0.805. The lowest BCUT2D eigenvalue weighted by atomic mass is 10.2. The molecule has 0 aliphatic heterocycles. The third kappa shape index (κ3) is 4.86. The van der Waals surface area contributed by atoms with Crippen molar-refractivity contribution >= 4 is 11.7 Å². The van der Waals surface area contributed by atoms with E-state index in [9.17, 15) is 9.18 Å². The van der Waals surface area contributed by atoms with Crippen molar-refractivity contribution in [3.63, 3.8) is 0 Å². The lowest BCUT2D eigenvalue weighted by molar-refractivity contribution is -0.117. The van der Waals surface area contributed by atoms with Crippen LogP contribution < -0.4 is 10.1 Å². The fraction of sp³-hybridized carbons (Fsp3) is 0.500. The van der Waals surface area contributed by atoms with Crippen molar-refractivity contribution in [3.8, 4) is 5.75 Å². The summed E-state index contributed by atoms with van der Waals surface area (Å²) in [5.74, 6) is 0.486. The van der Waals surface area contributed by atoms with Crippen LogP contribution in [0.3, 0.4) is 0 Å². The van der Waals surface area contributed by atoms with Crippen LogP contribution in [0.4, 0.5) is 10.2 Å². The highest BCUT2D eigenvalue weighted by molar-refractivity contribution is 5.91. The molecule has 0 unspecified atom stereocenters. The zero-order valence-corrected chi connectivity index (χ0v) is 15.9. The number of nitrogens with zero attached hydrogens (tertiary/aromatic N) is 3. The van der Waals surface area contributed by atoms with Gasteiger partial charge in [-0.2, -0.15) is 5.10 Å². The maximum atomic E-state index is 13.9. The van der Waals surface area contributed by atoms with E-state index in [2.05, 4.69) is 10.4 Å². The van der Waals surface area contributed by atoms with Gasteiger partial charge in [-0.25, -0.2) is 9.07 Å². The number of aromatic nitrogens is 2. The van der Waals surface area contributed by atoms with Crippen LogP contribution in [0, 0.1) is 5.82 Å². The third-order valence-electron chi connectivity index (χ3n) is 5.05. The van der Waals surface area contributed by atoms with Crippen LogP contribution in [-0.2, 0) is 11.3 Å². The Morgan fingerprint density at radius 3 is 2.81 bits per heavy atom. The number of carbonyl (C=O) groups excluding carboxylic acids is 1. The number of ether oxygens (including phenoxy) is 1. The Kier molecular flexibility index (Phi) is 6.45. The second-order valence-electron chi connectivity index (χ2n) is 6.92. The molecule has 1 aliphatic rings. The maximum absolute atomic E-state index is 13.9. The van der Waals surface area contributed by atoms with Crippen LogP contribution >= 0.6 is 0 Å². The number of hydrogen-bond donors (Lipinski definition) is 1. The molecule has 0 radical (unpaired) electrons. The van der Waals surface area contributed by atoms with Gasteiger partial charge in [-0.05, 0) is 37.1 Å². The predicted molar refractivity (Wildman–Crippen MR) is 102 cm³/mol. The Labute approximate surface area is 159 Å². The second-order valence-corrected chi connectivity index (χ2v) is 6.92. The zero-order valence-electron chi connectivity index (χ0n) is 15.9. The zero-order chi connectivity index (χ0) is 19.2. The Bertz CT molecular complexity index is 771. The maximum Gasteiger partial charge on any atom is 0.239 e. The molecule has 1 saturated carbocycles. The molecule has 1 N–H and O–H groups in total. The molecule has 7 heteroatoms. The first-order valence-electron chi connectivity index (χ1n) is 9.48. The van der Waals surface area contributed by atoms with Gasteiger partial charge < -0.3 is 10.1 Å². The molecule has 0 atom stereocenters. The molecule has 0 bridgehead atoms. The first kappa shape index (κ1) is 19.4. The monoisotopic (exact) mass is 374 g/mol. The van der Waals surface area contributed by atoms with Crippen LogP contribution in [0.25, 0.3) is 0 Å². The molecule has 1 aromatic carbocycles. The molecule has 3 rings (SSSR count). The lowest BCUT2D eigenvalue weighted by Gasteiger charge is -2.21.